The molecular weight excluding hydrogens is 362 g/mol. The standard InChI is InChI=1S/C13H21NO3.C4H6O6/c1-13(2,3)14-7-12(17)9-4-5-11(16)10(6-9)8-15;5-1(3(7)8)2(6)4(9)10/h4-6,12,14-17H,7-8H2,1-3H3;1-2,5-6H,(H,7,8)(H,9,10)/t12-;1-,2-/m01/s1. The van der Waals surface area contributed by atoms with Gasteiger partial charge in [-0.1, -0.05) is 6.07 Å². The molecule has 0 saturated carbocycles. The molecule has 154 valence electrons. The summed E-state index contributed by atoms with van der Waals surface area (Å²) in [7, 11) is 0. The highest BCUT2D eigenvalue weighted by molar-refractivity contribution is 5.83. The average Bonchev–Trinajstić information content (AvgIpc) is 2.58. The van der Waals surface area contributed by atoms with Crippen molar-refractivity contribution in [2.24, 2.45) is 0 Å². The smallest absolute Gasteiger partial charge is 0.335 e. The van der Waals surface area contributed by atoms with Gasteiger partial charge in [0.2, 0.25) is 0 Å². The van der Waals surface area contributed by atoms with Crippen molar-refractivity contribution in [2.45, 2.75) is 51.2 Å². The number of benzene rings is 1. The summed E-state index contributed by atoms with van der Waals surface area (Å²) in [5.74, 6) is -3.49. The van der Waals surface area contributed by atoms with Crippen molar-refractivity contribution in [3.05, 3.63) is 29.3 Å². The van der Waals surface area contributed by atoms with Gasteiger partial charge in [0.05, 0.1) is 12.7 Å². The molecule has 1 aromatic carbocycles. The molecule has 0 aliphatic carbocycles. The van der Waals surface area contributed by atoms with E-state index < -0.39 is 30.3 Å². The maximum atomic E-state index is 9.97. The lowest BCUT2D eigenvalue weighted by Gasteiger charge is -2.23. The minimum Gasteiger partial charge on any atom is -0.508 e. The first kappa shape index (κ1) is 24.8. The molecule has 0 radical (unpaired) electrons. The first-order valence-corrected chi connectivity index (χ1v) is 7.97. The van der Waals surface area contributed by atoms with Gasteiger partial charge in [-0.05, 0) is 38.5 Å². The number of aliphatic carboxylic acids is 2. The van der Waals surface area contributed by atoms with Gasteiger partial charge in [-0.25, -0.2) is 9.59 Å². The van der Waals surface area contributed by atoms with Gasteiger partial charge >= 0.3 is 11.9 Å². The quantitative estimate of drug-likeness (QED) is 0.293. The first-order chi connectivity index (χ1) is 12.3. The summed E-state index contributed by atoms with van der Waals surface area (Å²) in [5, 5.41) is 64.1. The molecule has 10 nitrogen and oxygen atoms in total. The lowest BCUT2D eigenvalue weighted by molar-refractivity contribution is -0.165. The Bertz CT molecular complexity index is 609. The largest absolute Gasteiger partial charge is 0.508 e. The Labute approximate surface area is 156 Å². The maximum absolute atomic E-state index is 9.97. The van der Waals surface area contributed by atoms with Crippen molar-refractivity contribution in [2.75, 3.05) is 6.54 Å². The fraction of sp³-hybridized carbons (Fsp3) is 0.529. The van der Waals surface area contributed by atoms with E-state index in [1.807, 2.05) is 20.8 Å². The van der Waals surface area contributed by atoms with E-state index in [9.17, 15) is 19.8 Å². The van der Waals surface area contributed by atoms with Crippen LogP contribution in [0.15, 0.2) is 18.2 Å². The molecule has 0 aromatic heterocycles. The van der Waals surface area contributed by atoms with Crippen LogP contribution in [-0.4, -0.2) is 72.0 Å². The van der Waals surface area contributed by atoms with E-state index in [2.05, 4.69) is 5.32 Å². The molecule has 0 fully saturated rings. The molecule has 0 aliphatic heterocycles. The van der Waals surface area contributed by atoms with Crippen LogP contribution in [-0.2, 0) is 16.2 Å². The van der Waals surface area contributed by atoms with Gasteiger partial charge in [0.15, 0.2) is 12.2 Å². The molecule has 10 heteroatoms. The second kappa shape index (κ2) is 10.8. The predicted octanol–water partition coefficient (Wildman–Crippen LogP) is -0.817. The highest BCUT2D eigenvalue weighted by Crippen LogP contribution is 2.22. The van der Waals surface area contributed by atoms with E-state index in [1.54, 1.807) is 12.1 Å². The van der Waals surface area contributed by atoms with Gasteiger partial charge in [-0.3, -0.25) is 0 Å². The Morgan fingerprint density at radius 2 is 1.52 bits per heavy atom. The number of carboxylic acid groups (broad SMARTS) is 2. The Hall–Kier alpha value is -2.24. The second-order valence-electron chi connectivity index (χ2n) is 6.76. The van der Waals surface area contributed by atoms with Crippen molar-refractivity contribution in [3.63, 3.8) is 0 Å². The van der Waals surface area contributed by atoms with Crippen molar-refractivity contribution in [1.82, 2.24) is 5.32 Å². The van der Waals surface area contributed by atoms with Crippen LogP contribution in [0.1, 0.15) is 38.0 Å². The van der Waals surface area contributed by atoms with Crippen LogP contribution < -0.4 is 5.32 Å². The summed E-state index contributed by atoms with van der Waals surface area (Å²) in [6.45, 7) is 6.26. The van der Waals surface area contributed by atoms with E-state index in [1.165, 1.54) is 6.07 Å². The zero-order valence-electron chi connectivity index (χ0n) is 15.3. The number of aromatic hydroxyl groups is 1. The molecule has 0 amide bonds. The summed E-state index contributed by atoms with van der Waals surface area (Å²) < 4.78 is 0. The number of aliphatic hydroxyl groups is 4. The van der Waals surface area contributed by atoms with Crippen LogP contribution in [0.4, 0.5) is 0 Å². The number of phenols is 1. The van der Waals surface area contributed by atoms with Crippen molar-refractivity contribution in [3.8, 4) is 5.75 Å². The summed E-state index contributed by atoms with van der Waals surface area (Å²) >= 11 is 0. The molecule has 3 atom stereocenters. The van der Waals surface area contributed by atoms with Crippen LogP contribution >= 0.6 is 0 Å². The topological polar surface area (TPSA) is 188 Å². The van der Waals surface area contributed by atoms with Crippen LogP contribution in [0, 0.1) is 0 Å². The number of aliphatic hydroxyl groups excluding tert-OH is 4. The first-order valence-electron chi connectivity index (χ1n) is 7.97. The molecule has 0 spiro atoms. The minimum absolute atomic E-state index is 0.0484. The lowest BCUT2D eigenvalue weighted by Crippen LogP contribution is -2.39. The van der Waals surface area contributed by atoms with Crippen molar-refractivity contribution < 1.29 is 45.3 Å². The number of nitrogens with one attached hydrogen (secondary N) is 1. The Balaban J connectivity index is 0.000000580. The van der Waals surface area contributed by atoms with E-state index >= 15 is 0 Å². The molecule has 1 aromatic rings. The molecule has 0 bridgehead atoms. The van der Waals surface area contributed by atoms with Gasteiger partial charge in [0, 0.05) is 17.6 Å². The Morgan fingerprint density at radius 3 is 1.89 bits per heavy atom. The highest BCUT2D eigenvalue weighted by atomic mass is 16.4. The molecular formula is C17H27NO9. The second-order valence-corrected chi connectivity index (χ2v) is 6.76. The summed E-state index contributed by atoms with van der Waals surface area (Å²) in [6.07, 6.45) is -5.19. The number of β-amino-alcohol motifs (C(OH)–C–C–N with tert-alkyl or cyclic N) is 1. The number of hydrogen-bond donors (Lipinski definition) is 8. The van der Waals surface area contributed by atoms with Crippen molar-refractivity contribution in [1.29, 1.82) is 0 Å². The fourth-order valence-corrected chi connectivity index (χ4v) is 1.73. The molecule has 0 aliphatic rings. The Kier molecular flexibility index (Phi) is 9.90. The number of hydrogen-bond acceptors (Lipinski definition) is 8. The van der Waals surface area contributed by atoms with Gasteiger partial charge in [-0.2, -0.15) is 0 Å². The highest BCUT2D eigenvalue weighted by Gasteiger charge is 2.29. The molecule has 1 rings (SSSR count). The zero-order chi connectivity index (χ0) is 21.4. The fourth-order valence-electron chi connectivity index (χ4n) is 1.73. The lowest BCUT2D eigenvalue weighted by atomic mass is 10.0. The third-order valence-electron chi connectivity index (χ3n) is 3.29. The third-order valence-corrected chi connectivity index (χ3v) is 3.29. The van der Waals surface area contributed by atoms with Gasteiger partial charge in [-0.15, -0.1) is 0 Å². The number of carboxylic acids is 2. The van der Waals surface area contributed by atoms with E-state index in [0.717, 1.165) is 0 Å². The molecule has 0 heterocycles. The number of rotatable bonds is 7. The summed E-state index contributed by atoms with van der Waals surface area (Å²) in [5.41, 5.74) is 1.05. The van der Waals surface area contributed by atoms with Gasteiger partial charge in [0.25, 0.3) is 0 Å². The predicted molar refractivity (Wildman–Crippen MR) is 94.0 cm³/mol. The van der Waals surface area contributed by atoms with E-state index in [0.29, 0.717) is 17.7 Å². The Morgan fingerprint density at radius 1 is 1.04 bits per heavy atom. The SMILES string of the molecule is CC(C)(C)NC[C@H](O)c1ccc(O)c(CO)c1.O=C(O)[C@H](O)[C@@H](O)C(=O)O. The zero-order valence-corrected chi connectivity index (χ0v) is 15.3. The van der Waals surface area contributed by atoms with Crippen LogP contribution in [0.25, 0.3) is 0 Å². The van der Waals surface area contributed by atoms with E-state index in [4.69, 9.17) is 25.5 Å². The van der Waals surface area contributed by atoms with E-state index in [-0.39, 0.29) is 17.9 Å². The normalized spacial score (nSPS) is 14.5. The molecule has 0 saturated heterocycles. The van der Waals surface area contributed by atoms with Crippen LogP contribution in [0.2, 0.25) is 0 Å². The average molecular weight is 389 g/mol. The molecule has 8 N–H and O–H groups in total. The molecule has 27 heavy (non-hydrogen) atoms. The van der Waals surface area contributed by atoms with Gasteiger partial charge in [0.1, 0.15) is 5.75 Å². The summed E-state index contributed by atoms with van der Waals surface area (Å²) in [6, 6.07) is 4.76. The van der Waals surface area contributed by atoms with Crippen LogP contribution in [0.3, 0.4) is 0 Å². The maximum Gasteiger partial charge on any atom is 0.335 e. The third kappa shape index (κ3) is 9.31. The van der Waals surface area contributed by atoms with Gasteiger partial charge < -0.3 is 41.1 Å². The molecule has 0 unspecified atom stereocenters. The summed E-state index contributed by atoms with van der Waals surface area (Å²) in [4.78, 5) is 19.5. The number of carbonyl (C=O) groups is 2. The van der Waals surface area contributed by atoms with Crippen molar-refractivity contribution >= 4 is 11.9 Å². The van der Waals surface area contributed by atoms with Crippen LogP contribution in [0.5, 0.6) is 5.75 Å². The monoisotopic (exact) mass is 389 g/mol. The minimum atomic E-state index is -2.27.